The predicted molar refractivity (Wildman–Crippen MR) is 71.5 cm³/mol. The lowest BCUT2D eigenvalue weighted by Crippen LogP contribution is -1.99. The summed E-state index contributed by atoms with van der Waals surface area (Å²) in [7, 11) is 0. The van der Waals surface area contributed by atoms with Crippen LogP contribution in [0.25, 0.3) is 17.1 Å². The molecular formula is C15H13N3. The van der Waals surface area contributed by atoms with Gasteiger partial charge in [-0.05, 0) is 37.3 Å². The Morgan fingerprint density at radius 1 is 0.889 bits per heavy atom. The lowest BCUT2D eigenvalue weighted by atomic mass is 10.2. The number of nitrogens with zero attached hydrogens (tertiary/aromatic N) is 3. The van der Waals surface area contributed by atoms with E-state index in [2.05, 4.69) is 41.3 Å². The van der Waals surface area contributed by atoms with Gasteiger partial charge in [0.1, 0.15) is 0 Å². The first-order chi connectivity index (χ1) is 8.84. The Morgan fingerprint density at radius 3 is 2.44 bits per heavy atom. The van der Waals surface area contributed by atoms with Gasteiger partial charge in [-0.3, -0.25) is 4.98 Å². The topological polar surface area (TPSA) is 30.7 Å². The van der Waals surface area contributed by atoms with Crippen LogP contribution in [0.2, 0.25) is 0 Å². The largest absolute Gasteiger partial charge is 0.255 e. The second-order valence-corrected chi connectivity index (χ2v) is 4.18. The van der Waals surface area contributed by atoms with Crippen LogP contribution in [0, 0.1) is 6.92 Å². The molecule has 0 radical (unpaired) electrons. The summed E-state index contributed by atoms with van der Waals surface area (Å²) >= 11 is 0. The summed E-state index contributed by atoms with van der Waals surface area (Å²) in [6.45, 7) is 2.08. The van der Waals surface area contributed by atoms with Gasteiger partial charge < -0.3 is 0 Å². The van der Waals surface area contributed by atoms with E-state index < -0.39 is 0 Å². The summed E-state index contributed by atoms with van der Waals surface area (Å²) in [6, 6.07) is 16.1. The first kappa shape index (κ1) is 10.7. The smallest absolute Gasteiger partial charge is 0.0925 e. The molecule has 2 aromatic heterocycles. The third kappa shape index (κ3) is 1.91. The van der Waals surface area contributed by atoms with Crippen LogP contribution < -0.4 is 0 Å². The van der Waals surface area contributed by atoms with E-state index in [4.69, 9.17) is 0 Å². The third-order valence-corrected chi connectivity index (χ3v) is 2.85. The van der Waals surface area contributed by atoms with Gasteiger partial charge in [-0.15, -0.1) is 0 Å². The molecule has 88 valence electrons. The fourth-order valence-electron chi connectivity index (χ4n) is 1.90. The molecule has 0 aliphatic heterocycles. The molecule has 0 aliphatic rings. The second kappa shape index (κ2) is 4.45. The van der Waals surface area contributed by atoms with E-state index in [1.807, 2.05) is 28.9 Å². The number of hydrogen-bond acceptors (Lipinski definition) is 2. The molecule has 0 saturated heterocycles. The quantitative estimate of drug-likeness (QED) is 0.682. The molecule has 3 aromatic rings. The Morgan fingerprint density at radius 2 is 1.72 bits per heavy atom. The van der Waals surface area contributed by atoms with Crippen LogP contribution in [-0.4, -0.2) is 14.8 Å². The summed E-state index contributed by atoms with van der Waals surface area (Å²) < 4.78 is 1.90. The maximum Gasteiger partial charge on any atom is 0.0925 e. The molecule has 0 amide bonds. The minimum absolute atomic E-state index is 0.926. The second-order valence-electron chi connectivity index (χ2n) is 4.18. The lowest BCUT2D eigenvalue weighted by molar-refractivity contribution is 0.883. The fraction of sp³-hybridized carbons (Fsp3) is 0.0667. The van der Waals surface area contributed by atoms with E-state index >= 15 is 0 Å². The molecule has 18 heavy (non-hydrogen) atoms. The fourth-order valence-corrected chi connectivity index (χ4v) is 1.90. The number of pyridine rings is 1. The highest BCUT2D eigenvalue weighted by molar-refractivity contribution is 5.57. The molecule has 0 spiro atoms. The maximum atomic E-state index is 4.37. The van der Waals surface area contributed by atoms with Crippen molar-refractivity contribution in [2.45, 2.75) is 6.92 Å². The van der Waals surface area contributed by atoms with Crippen LogP contribution in [0.3, 0.4) is 0 Å². The highest BCUT2D eigenvalue weighted by Crippen LogP contribution is 2.20. The van der Waals surface area contributed by atoms with Gasteiger partial charge in [0, 0.05) is 6.20 Å². The molecule has 0 saturated carbocycles. The minimum atomic E-state index is 0.926. The van der Waals surface area contributed by atoms with Gasteiger partial charge in [0.2, 0.25) is 0 Å². The van der Waals surface area contributed by atoms with E-state index in [1.165, 1.54) is 5.56 Å². The van der Waals surface area contributed by atoms with Crippen molar-refractivity contribution in [3.05, 3.63) is 66.5 Å². The van der Waals surface area contributed by atoms with Crippen LogP contribution in [0.1, 0.15) is 5.56 Å². The molecule has 3 heteroatoms. The minimum Gasteiger partial charge on any atom is -0.255 e. The van der Waals surface area contributed by atoms with Crippen molar-refractivity contribution in [2.24, 2.45) is 0 Å². The van der Waals surface area contributed by atoms with E-state index in [-0.39, 0.29) is 0 Å². The van der Waals surface area contributed by atoms with Crippen molar-refractivity contribution in [3.8, 4) is 17.1 Å². The summed E-state index contributed by atoms with van der Waals surface area (Å²) in [6.07, 6.45) is 3.59. The molecule has 1 aromatic carbocycles. The van der Waals surface area contributed by atoms with Crippen molar-refractivity contribution in [1.82, 2.24) is 14.8 Å². The molecular weight excluding hydrogens is 222 g/mol. The first-order valence-electron chi connectivity index (χ1n) is 5.87. The van der Waals surface area contributed by atoms with E-state index in [0.717, 1.165) is 17.1 Å². The molecule has 3 nitrogen and oxygen atoms in total. The van der Waals surface area contributed by atoms with Crippen molar-refractivity contribution < 1.29 is 0 Å². The van der Waals surface area contributed by atoms with E-state index in [1.54, 1.807) is 12.4 Å². The van der Waals surface area contributed by atoms with Crippen molar-refractivity contribution >= 4 is 0 Å². The number of hydrogen-bond donors (Lipinski definition) is 0. The van der Waals surface area contributed by atoms with E-state index in [9.17, 15) is 0 Å². The SMILES string of the molecule is Cc1ccc(-n2nccc2-c2ccccn2)cc1. The summed E-state index contributed by atoms with van der Waals surface area (Å²) in [5.74, 6) is 0. The van der Waals surface area contributed by atoms with Crippen LogP contribution >= 0.6 is 0 Å². The van der Waals surface area contributed by atoms with Crippen molar-refractivity contribution in [3.63, 3.8) is 0 Å². The summed E-state index contributed by atoms with van der Waals surface area (Å²) in [4.78, 5) is 4.36. The first-order valence-corrected chi connectivity index (χ1v) is 5.87. The summed E-state index contributed by atoms with van der Waals surface area (Å²) in [5, 5.41) is 4.37. The zero-order valence-electron chi connectivity index (χ0n) is 10.1. The molecule has 0 N–H and O–H groups in total. The highest BCUT2D eigenvalue weighted by Gasteiger charge is 2.07. The predicted octanol–water partition coefficient (Wildman–Crippen LogP) is 3.24. The van der Waals surface area contributed by atoms with Crippen molar-refractivity contribution in [2.75, 3.05) is 0 Å². The van der Waals surface area contributed by atoms with Gasteiger partial charge in [-0.1, -0.05) is 23.8 Å². The standard InChI is InChI=1S/C15H13N3/c1-12-5-7-13(8-6-12)18-15(9-11-17-18)14-4-2-3-10-16-14/h2-11H,1H3. The Bertz CT molecular complexity index is 639. The zero-order valence-corrected chi connectivity index (χ0v) is 10.1. The molecule has 0 atom stereocenters. The van der Waals surface area contributed by atoms with Gasteiger partial charge in [0.25, 0.3) is 0 Å². The number of benzene rings is 1. The van der Waals surface area contributed by atoms with Gasteiger partial charge in [0.05, 0.1) is 23.3 Å². The molecule has 0 aliphatic carbocycles. The number of aryl methyl sites for hydroxylation is 1. The van der Waals surface area contributed by atoms with Crippen LogP contribution in [-0.2, 0) is 0 Å². The highest BCUT2D eigenvalue weighted by atomic mass is 15.3. The maximum absolute atomic E-state index is 4.37. The lowest BCUT2D eigenvalue weighted by Gasteiger charge is -2.07. The third-order valence-electron chi connectivity index (χ3n) is 2.85. The molecule has 2 heterocycles. The Labute approximate surface area is 106 Å². The normalized spacial score (nSPS) is 10.5. The molecule has 0 unspecified atom stereocenters. The Hall–Kier alpha value is -2.42. The molecule has 3 rings (SSSR count). The van der Waals surface area contributed by atoms with Crippen LogP contribution in [0.5, 0.6) is 0 Å². The zero-order chi connectivity index (χ0) is 12.4. The Kier molecular flexibility index (Phi) is 2.65. The number of aromatic nitrogens is 3. The monoisotopic (exact) mass is 235 g/mol. The van der Waals surface area contributed by atoms with Gasteiger partial charge in [-0.25, -0.2) is 4.68 Å². The average Bonchev–Trinajstić information content (AvgIpc) is 2.90. The average molecular weight is 235 g/mol. The van der Waals surface area contributed by atoms with E-state index in [0.29, 0.717) is 0 Å². The van der Waals surface area contributed by atoms with Gasteiger partial charge in [-0.2, -0.15) is 5.10 Å². The van der Waals surface area contributed by atoms with Crippen molar-refractivity contribution in [1.29, 1.82) is 0 Å². The van der Waals surface area contributed by atoms with Gasteiger partial charge in [0.15, 0.2) is 0 Å². The van der Waals surface area contributed by atoms with Crippen LogP contribution in [0.15, 0.2) is 60.9 Å². The van der Waals surface area contributed by atoms with Crippen LogP contribution in [0.4, 0.5) is 0 Å². The summed E-state index contributed by atoms with van der Waals surface area (Å²) in [5.41, 5.74) is 4.21. The molecule has 0 fully saturated rings. The molecule has 0 bridgehead atoms. The Balaban J connectivity index is 2.10. The van der Waals surface area contributed by atoms with Gasteiger partial charge >= 0.3 is 0 Å². The number of rotatable bonds is 2.